The number of halogens is 1. The van der Waals surface area contributed by atoms with Crippen molar-refractivity contribution in [3.63, 3.8) is 0 Å². The molecule has 0 aliphatic rings. The molecule has 2 N–H and O–H groups in total. The van der Waals surface area contributed by atoms with Gasteiger partial charge in [-0.2, -0.15) is 0 Å². The monoisotopic (exact) mass is 314 g/mol. The minimum atomic E-state index is -0.199. The second-order valence-electron chi connectivity index (χ2n) is 4.28. The maximum absolute atomic E-state index is 11.8. The fraction of sp³-hybridized carbons (Fsp3) is 0.538. The van der Waals surface area contributed by atoms with Gasteiger partial charge in [-0.25, -0.2) is 0 Å². The Labute approximate surface area is 115 Å². The molecule has 100 valence electrons. The summed E-state index contributed by atoms with van der Waals surface area (Å²) in [5.74, 6) is 0.364. The first kappa shape index (κ1) is 15.0. The lowest BCUT2D eigenvalue weighted by molar-refractivity contribution is 0.0945. The lowest BCUT2D eigenvalue weighted by Crippen LogP contribution is -2.30. The van der Waals surface area contributed by atoms with Crippen LogP contribution in [0, 0.1) is 5.92 Å². The van der Waals surface area contributed by atoms with Gasteiger partial charge < -0.3 is 10.3 Å². The highest BCUT2D eigenvalue weighted by atomic mass is 79.9. The van der Waals surface area contributed by atoms with E-state index < -0.39 is 0 Å². The lowest BCUT2D eigenvalue weighted by Gasteiger charge is -2.15. The maximum Gasteiger partial charge on any atom is 0.252 e. The van der Waals surface area contributed by atoms with E-state index in [0.29, 0.717) is 18.0 Å². The van der Waals surface area contributed by atoms with Gasteiger partial charge >= 0.3 is 0 Å². The Kier molecular flexibility index (Phi) is 6.72. The minimum Gasteiger partial charge on any atom is -0.352 e. The van der Waals surface area contributed by atoms with E-state index in [-0.39, 0.29) is 11.5 Å². The van der Waals surface area contributed by atoms with E-state index >= 15 is 0 Å². The zero-order valence-corrected chi connectivity index (χ0v) is 12.1. The van der Waals surface area contributed by atoms with Gasteiger partial charge in [-0.3, -0.25) is 9.59 Å². The zero-order valence-electron chi connectivity index (χ0n) is 10.5. The molecule has 1 heterocycles. The normalized spacial score (nSPS) is 12.1. The number of aromatic amines is 1. The molecular formula is C13H19BrN2O2. The van der Waals surface area contributed by atoms with Crippen LogP contribution in [0.25, 0.3) is 0 Å². The third kappa shape index (κ3) is 5.04. The summed E-state index contributed by atoms with van der Waals surface area (Å²) in [5.41, 5.74) is 0.290. The largest absolute Gasteiger partial charge is 0.352 e. The average Bonchev–Trinajstić information content (AvgIpc) is 2.37. The molecule has 1 amide bonds. The molecule has 0 aliphatic carbocycles. The molecular weight excluding hydrogens is 296 g/mol. The zero-order chi connectivity index (χ0) is 13.4. The number of aromatic nitrogens is 1. The summed E-state index contributed by atoms with van der Waals surface area (Å²) in [6.07, 6.45) is 4.72. The van der Waals surface area contributed by atoms with Gasteiger partial charge in [-0.05, 0) is 24.8 Å². The van der Waals surface area contributed by atoms with Crippen molar-refractivity contribution in [2.75, 3.05) is 11.9 Å². The number of carbonyl (C=O) groups excluding carboxylic acids is 1. The van der Waals surface area contributed by atoms with Gasteiger partial charge in [0.25, 0.3) is 5.91 Å². The molecule has 0 saturated heterocycles. The Morgan fingerprint density at radius 3 is 2.78 bits per heavy atom. The van der Waals surface area contributed by atoms with Gasteiger partial charge in [0.05, 0.1) is 5.56 Å². The third-order valence-corrected chi connectivity index (χ3v) is 3.27. The Hall–Kier alpha value is -1.10. The van der Waals surface area contributed by atoms with Crippen molar-refractivity contribution >= 4 is 21.8 Å². The highest BCUT2D eigenvalue weighted by Gasteiger charge is 2.10. The van der Waals surface area contributed by atoms with Crippen molar-refractivity contribution in [2.45, 2.75) is 26.2 Å². The number of pyridine rings is 1. The number of hydrogen-bond acceptors (Lipinski definition) is 2. The predicted octanol–water partition coefficient (Wildman–Crippen LogP) is 2.31. The molecule has 1 aromatic rings. The number of nitrogens with one attached hydrogen (secondary N) is 2. The summed E-state index contributed by atoms with van der Waals surface area (Å²) in [7, 11) is 0. The summed E-state index contributed by atoms with van der Waals surface area (Å²) in [4.78, 5) is 25.2. The molecule has 1 atom stereocenters. The summed E-state index contributed by atoms with van der Waals surface area (Å²) in [5, 5.41) is 3.86. The molecule has 0 radical (unpaired) electrons. The second-order valence-corrected chi connectivity index (χ2v) is 5.08. The number of rotatable bonds is 7. The van der Waals surface area contributed by atoms with E-state index in [1.807, 2.05) is 0 Å². The molecule has 0 spiro atoms. The summed E-state index contributed by atoms with van der Waals surface area (Å²) < 4.78 is 0. The summed E-state index contributed by atoms with van der Waals surface area (Å²) >= 11 is 3.43. The van der Waals surface area contributed by atoms with Crippen molar-refractivity contribution in [3.8, 4) is 0 Å². The third-order valence-electron chi connectivity index (χ3n) is 2.81. The van der Waals surface area contributed by atoms with Crippen LogP contribution in [0.5, 0.6) is 0 Å². The summed E-state index contributed by atoms with van der Waals surface area (Å²) in [6.45, 7) is 2.82. The van der Waals surface area contributed by atoms with E-state index in [1.165, 1.54) is 18.3 Å². The average molecular weight is 315 g/mol. The lowest BCUT2D eigenvalue weighted by atomic mass is 10.0. The number of hydrogen-bond donors (Lipinski definition) is 2. The van der Waals surface area contributed by atoms with Crippen LogP contribution in [0.2, 0.25) is 0 Å². The molecule has 5 heteroatoms. The number of amides is 1. The fourth-order valence-electron chi connectivity index (χ4n) is 1.80. The first-order valence-electron chi connectivity index (χ1n) is 6.20. The van der Waals surface area contributed by atoms with Crippen molar-refractivity contribution < 1.29 is 4.79 Å². The summed E-state index contributed by atoms with van der Waals surface area (Å²) in [6, 6.07) is 2.89. The van der Waals surface area contributed by atoms with Gasteiger partial charge in [0, 0.05) is 24.1 Å². The van der Waals surface area contributed by atoms with Crippen LogP contribution in [-0.4, -0.2) is 22.8 Å². The van der Waals surface area contributed by atoms with Crippen LogP contribution in [0.4, 0.5) is 0 Å². The van der Waals surface area contributed by atoms with Gasteiger partial charge in [-0.15, -0.1) is 0 Å². The van der Waals surface area contributed by atoms with Crippen LogP contribution in [0.1, 0.15) is 36.5 Å². The Morgan fingerprint density at radius 2 is 2.22 bits per heavy atom. The van der Waals surface area contributed by atoms with Gasteiger partial charge in [-0.1, -0.05) is 29.3 Å². The van der Waals surface area contributed by atoms with Crippen LogP contribution in [-0.2, 0) is 0 Å². The van der Waals surface area contributed by atoms with Gasteiger partial charge in [0.1, 0.15) is 0 Å². The fourth-order valence-corrected chi connectivity index (χ4v) is 2.45. The minimum absolute atomic E-state index is 0.137. The van der Waals surface area contributed by atoms with E-state index in [9.17, 15) is 9.59 Å². The van der Waals surface area contributed by atoms with Crippen molar-refractivity contribution in [1.29, 1.82) is 0 Å². The molecule has 0 bridgehead atoms. The van der Waals surface area contributed by atoms with Gasteiger partial charge in [0.15, 0.2) is 0 Å². The van der Waals surface area contributed by atoms with E-state index in [4.69, 9.17) is 0 Å². The quantitative estimate of drug-likeness (QED) is 0.759. The maximum atomic E-state index is 11.8. The first-order chi connectivity index (χ1) is 8.67. The van der Waals surface area contributed by atoms with Crippen LogP contribution >= 0.6 is 15.9 Å². The highest BCUT2D eigenvalue weighted by Crippen LogP contribution is 2.11. The van der Waals surface area contributed by atoms with E-state index in [0.717, 1.165) is 24.6 Å². The number of carbonyl (C=O) groups is 1. The van der Waals surface area contributed by atoms with Crippen molar-refractivity contribution in [1.82, 2.24) is 10.3 Å². The highest BCUT2D eigenvalue weighted by molar-refractivity contribution is 9.09. The smallest absolute Gasteiger partial charge is 0.252 e. The van der Waals surface area contributed by atoms with Crippen molar-refractivity contribution in [3.05, 3.63) is 34.2 Å². The Morgan fingerprint density at radius 1 is 1.44 bits per heavy atom. The SMILES string of the molecule is CCCC(CCBr)CNC(=O)c1ccc(=O)[nH]c1. The molecule has 1 unspecified atom stereocenters. The number of H-pyrrole nitrogens is 1. The molecule has 1 aromatic heterocycles. The van der Waals surface area contributed by atoms with E-state index in [2.05, 4.69) is 33.2 Å². The van der Waals surface area contributed by atoms with Gasteiger partial charge in [0.2, 0.25) is 5.56 Å². The Bertz CT molecular complexity index is 405. The molecule has 0 aromatic carbocycles. The molecule has 0 fully saturated rings. The first-order valence-corrected chi connectivity index (χ1v) is 7.32. The number of alkyl halides is 1. The molecule has 4 nitrogen and oxygen atoms in total. The standard InChI is InChI=1S/C13H19BrN2O2/c1-2-3-10(6-7-14)8-16-13(18)11-4-5-12(17)15-9-11/h4-5,9-10H,2-3,6-8H2,1H3,(H,15,17)(H,16,18). The second kappa shape index (κ2) is 8.08. The van der Waals surface area contributed by atoms with Crippen LogP contribution in [0.3, 0.4) is 0 Å². The molecule has 1 rings (SSSR count). The van der Waals surface area contributed by atoms with E-state index in [1.54, 1.807) is 0 Å². The topological polar surface area (TPSA) is 62.0 Å². The molecule has 0 saturated carbocycles. The Balaban J connectivity index is 2.48. The molecule has 0 aliphatic heterocycles. The van der Waals surface area contributed by atoms with Crippen LogP contribution < -0.4 is 10.9 Å². The predicted molar refractivity (Wildman–Crippen MR) is 76.2 cm³/mol. The molecule has 18 heavy (non-hydrogen) atoms. The van der Waals surface area contributed by atoms with Crippen molar-refractivity contribution in [2.24, 2.45) is 5.92 Å². The van der Waals surface area contributed by atoms with Crippen LogP contribution in [0.15, 0.2) is 23.1 Å².